The molecule has 3 aromatic heterocycles. The van der Waals surface area contributed by atoms with E-state index in [0.717, 1.165) is 5.56 Å². The molecule has 0 radical (unpaired) electrons. The third-order valence-corrected chi connectivity index (χ3v) is 6.19. The number of aromatic nitrogens is 5. The normalized spacial score (nSPS) is 12.2. The van der Waals surface area contributed by atoms with Gasteiger partial charge in [-0.25, -0.2) is 28.1 Å². The summed E-state index contributed by atoms with van der Waals surface area (Å²) in [6, 6.07) is 12.1. The van der Waals surface area contributed by atoms with Crippen LogP contribution in [-0.2, 0) is 16.6 Å². The summed E-state index contributed by atoms with van der Waals surface area (Å²) in [6.07, 6.45) is 4.71. The van der Waals surface area contributed by atoms with Gasteiger partial charge in [0.25, 0.3) is 0 Å². The van der Waals surface area contributed by atoms with Crippen molar-refractivity contribution >= 4 is 26.9 Å². The number of pyridine rings is 1. The van der Waals surface area contributed by atoms with Crippen molar-refractivity contribution in [2.24, 2.45) is 10.2 Å². The Kier molecular flexibility index (Phi) is 6.77. The lowest BCUT2D eigenvalue weighted by Gasteiger charge is -2.11. The van der Waals surface area contributed by atoms with Crippen molar-refractivity contribution in [2.75, 3.05) is 27.2 Å². The number of nitrogens with zero attached hydrogens (tertiary/aromatic N) is 8. The lowest BCUT2D eigenvalue weighted by Crippen LogP contribution is -2.31. The Morgan fingerprint density at radius 2 is 1.88 bits per heavy atom. The number of hydrogen-bond acceptors (Lipinski definition) is 9. The van der Waals surface area contributed by atoms with Crippen LogP contribution in [0, 0.1) is 0 Å². The highest BCUT2D eigenvalue weighted by Crippen LogP contribution is 2.23. The summed E-state index contributed by atoms with van der Waals surface area (Å²) in [4.78, 5) is 14.9. The quantitative estimate of drug-likeness (QED) is 0.375. The van der Waals surface area contributed by atoms with E-state index in [9.17, 15) is 8.42 Å². The fourth-order valence-corrected chi connectivity index (χ4v) is 4.02. The molecule has 0 saturated carbocycles. The van der Waals surface area contributed by atoms with Gasteiger partial charge >= 0.3 is 0 Å². The van der Waals surface area contributed by atoms with Gasteiger partial charge in [0.05, 0.1) is 23.0 Å². The minimum absolute atomic E-state index is 0.210. The fraction of sp³-hybridized carbons (Fsp3) is 0.238. The minimum atomic E-state index is -3.54. The molecular formula is C21H23N9O2S. The van der Waals surface area contributed by atoms with Crippen LogP contribution < -0.4 is 4.72 Å². The maximum atomic E-state index is 12.4. The lowest BCUT2D eigenvalue weighted by atomic mass is 10.2. The third kappa shape index (κ3) is 5.42. The van der Waals surface area contributed by atoms with Crippen LogP contribution >= 0.6 is 0 Å². The van der Waals surface area contributed by atoms with Crippen LogP contribution in [0.1, 0.15) is 5.56 Å². The van der Waals surface area contributed by atoms with E-state index in [1.165, 1.54) is 6.33 Å². The number of fused-ring (bicyclic) bond motifs is 1. The SMILES string of the molecule is CN(C)CCNS(=O)(=O)c1ccc(CN=Nc2ncnc3c2cnn3-c2ccccn2)cc1. The summed E-state index contributed by atoms with van der Waals surface area (Å²) in [5, 5.41) is 13.4. The van der Waals surface area contributed by atoms with Gasteiger partial charge in [-0.05, 0) is 43.9 Å². The van der Waals surface area contributed by atoms with Crippen molar-refractivity contribution in [3.05, 3.63) is 66.7 Å². The van der Waals surface area contributed by atoms with E-state index in [1.807, 2.05) is 37.2 Å². The zero-order chi connectivity index (χ0) is 23.3. The number of azo groups is 1. The van der Waals surface area contributed by atoms with Crippen molar-refractivity contribution in [1.29, 1.82) is 0 Å². The highest BCUT2D eigenvalue weighted by molar-refractivity contribution is 7.89. The monoisotopic (exact) mass is 465 g/mol. The molecule has 0 unspecified atom stereocenters. The van der Waals surface area contributed by atoms with E-state index in [1.54, 1.807) is 41.3 Å². The van der Waals surface area contributed by atoms with Crippen molar-refractivity contribution < 1.29 is 8.42 Å². The van der Waals surface area contributed by atoms with Crippen LogP contribution in [0.25, 0.3) is 16.9 Å². The molecule has 0 atom stereocenters. The summed E-state index contributed by atoms with van der Waals surface area (Å²) in [5.74, 6) is 1.03. The van der Waals surface area contributed by atoms with E-state index >= 15 is 0 Å². The van der Waals surface area contributed by atoms with Gasteiger partial charge in [-0.1, -0.05) is 18.2 Å². The first kappa shape index (κ1) is 22.6. The Labute approximate surface area is 191 Å². The van der Waals surface area contributed by atoms with Crippen molar-refractivity contribution in [2.45, 2.75) is 11.4 Å². The molecule has 33 heavy (non-hydrogen) atoms. The minimum Gasteiger partial charge on any atom is -0.308 e. The van der Waals surface area contributed by atoms with Gasteiger partial charge in [0.15, 0.2) is 17.3 Å². The summed E-state index contributed by atoms with van der Waals surface area (Å²) >= 11 is 0. The summed E-state index contributed by atoms with van der Waals surface area (Å²) in [6.45, 7) is 1.23. The molecule has 4 rings (SSSR count). The van der Waals surface area contributed by atoms with Gasteiger partial charge in [0, 0.05) is 19.3 Å². The molecule has 12 heteroatoms. The third-order valence-electron chi connectivity index (χ3n) is 4.71. The molecule has 4 aromatic rings. The zero-order valence-electron chi connectivity index (χ0n) is 18.2. The van der Waals surface area contributed by atoms with Crippen molar-refractivity contribution in [3.8, 4) is 5.82 Å². The Hall–Kier alpha value is -3.61. The maximum absolute atomic E-state index is 12.4. The van der Waals surface area contributed by atoms with Crippen LogP contribution in [0.2, 0.25) is 0 Å². The van der Waals surface area contributed by atoms with Crippen LogP contribution in [-0.4, -0.2) is 65.2 Å². The van der Waals surface area contributed by atoms with Gasteiger partial charge in [0.2, 0.25) is 10.0 Å². The number of sulfonamides is 1. The van der Waals surface area contributed by atoms with Crippen LogP contribution in [0.4, 0.5) is 5.82 Å². The van der Waals surface area contributed by atoms with Crippen LogP contribution in [0.15, 0.2) is 76.3 Å². The van der Waals surface area contributed by atoms with E-state index in [2.05, 4.69) is 35.0 Å². The van der Waals surface area contributed by atoms with E-state index in [4.69, 9.17) is 0 Å². The first-order chi connectivity index (χ1) is 15.9. The predicted molar refractivity (Wildman–Crippen MR) is 123 cm³/mol. The van der Waals surface area contributed by atoms with Crippen molar-refractivity contribution in [1.82, 2.24) is 34.4 Å². The van der Waals surface area contributed by atoms with E-state index in [0.29, 0.717) is 35.8 Å². The Balaban J connectivity index is 1.45. The first-order valence-corrected chi connectivity index (χ1v) is 11.6. The standard InChI is InChI=1S/C21H23N9O2S/c1-29(2)12-11-27-33(31,32)17-8-6-16(7-9-17)13-25-28-20-18-14-26-30(21(18)24-15-23-20)19-5-3-4-10-22-19/h3-10,14-15,27H,11-13H2,1-2H3. The Bertz CT molecular complexity index is 1350. The highest BCUT2D eigenvalue weighted by atomic mass is 32.2. The molecule has 0 fully saturated rings. The number of benzene rings is 1. The second-order valence-electron chi connectivity index (χ2n) is 7.42. The molecular weight excluding hydrogens is 442 g/mol. The summed E-state index contributed by atoms with van der Waals surface area (Å²) in [7, 11) is 0.228. The van der Waals surface area contributed by atoms with Gasteiger partial charge in [0.1, 0.15) is 6.33 Å². The lowest BCUT2D eigenvalue weighted by molar-refractivity contribution is 0.412. The molecule has 0 spiro atoms. The fourth-order valence-electron chi connectivity index (χ4n) is 3.00. The summed E-state index contributed by atoms with van der Waals surface area (Å²) < 4.78 is 28.9. The molecule has 11 nitrogen and oxygen atoms in total. The molecule has 0 aliphatic carbocycles. The molecule has 0 aliphatic rings. The number of nitrogens with one attached hydrogen (secondary N) is 1. The van der Waals surface area contributed by atoms with Crippen molar-refractivity contribution in [3.63, 3.8) is 0 Å². The molecule has 3 heterocycles. The Morgan fingerprint density at radius 3 is 2.61 bits per heavy atom. The van der Waals surface area contributed by atoms with Gasteiger partial charge in [-0.3, -0.25) is 0 Å². The number of likely N-dealkylation sites (N-methyl/N-ethyl adjacent to an activating group) is 1. The van der Waals surface area contributed by atoms with E-state index in [-0.39, 0.29) is 11.4 Å². The average Bonchev–Trinajstić information content (AvgIpc) is 3.25. The second kappa shape index (κ2) is 9.90. The average molecular weight is 466 g/mol. The second-order valence-corrected chi connectivity index (χ2v) is 9.19. The van der Waals surface area contributed by atoms with Gasteiger partial charge < -0.3 is 4.90 Å². The Morgan fingerprint density at radius 1 is 1.06 bits per heavy atom. The first-order valence-electron chi connectivity index (χ1n) is 10.1. The largest absolute Gasteiger partial charge is 0.308 e. The highest BCUT2D eigenvalue weighted by Gasteiger charge is 2.13. The van der Waals surface area contributed by atoms with E-state index < -0.39 is 10.0 Å². The number of rotatable bonds is 9. The molecule has 0 saturated heterocycles. The molecule has 0 bridgehead atoms. The smallest absolute Gasteiger partial charge is 0.240 e. The zero-order valence-corrected chi connectivity index (χ0v) is 19.0. The molecule has 1 aromatic carbocycles. The number of hydrogen-bond donors (Lipinski definition) is 1. The van der Waals surface area contributed by atoms with Crippen LogP contribution in [0.3, 0.4) is 0 Å². The molecule has 0 amide bonds. The summed E-state index contributed by atoms with van der Waals surface area (Å²) in [5.41, 5.74) is 1.40. The van der Waals surface area contributed by atoms with Gasteiger partial charge in [-0.15, -0.1) is 5.11 Å². The van der Waals surface area contributed by atoms with Crippen LogP contribution in [0.5, 0.6) is 0 Å². The maximum Gasteiger partial charge on any atom is 0.240 e. The van der Waals surface area contributed by atoms with Gasteiger partial charge in [-0.2, -0.15) is 14.9 Å². The molecule has 1 N–H and O–H groups in total. The molecule has 170 valence electrons. The topological polar surface area (TPSA) is 131 Å². The predicted octanol–water partition coefficient (Wildman–Crippen LogP) is 2.33. The molecule has 0 aliphatic heterocycles.